The number of carbonyl (C=O) groups is 1. The second-order valence-electron chi connectivity index (χ2n) is 5.38. The van der Waals surface area contributed by atoms with Crippen molar-refractivity contribution in [3.8, 4) is 17.6 Å². The van der Waals surface area contributed by atoms with Gasteiger partial charge in [0.05, 0.1) is 19.4 Å². The van der Waals surface area contributed by atoms with E-state index in [4.69, 9.17) is 9.15 Å². The smallest absolute Gasteiger partial charge is 0.262 e. The van der Waals surface area contributed by atoms with Crippen LogP contribution in [-0.4, -0.2) is 17.6 Å². The van der Waals surface area contributed by atoms with E-state index in [2.05, 4.69) is 11.9 Å². The van der Waals surface area contributed by atoms with Crippen molar-refractivity contribution in [2.24, 2.45) is 0 Å². The average molecular weight is 352 g/mol. The van der Waals surface area contributed by atoms with Gasteiger partial charge in [0.25, 0.3) is 5.91 Å². The Bertz CT molecular complexity index is 845. The van der Waals surface area contributed by atoms with Gasteiger partial charge in [-0.1, -0.05) is 6.08 Å². The predicted molar refractivity (Wildman–Crippen MR) is 97.3 cm³/mol. The van der Waals surface area contributed by atoms with Crippen molar-refractivity contribution in [3.05, 3.63) is 65.6 Å². The molecule has 0 atom stereocenters. The van der Waals surface area contributed by atoms with Gasteiger partial charge in [0, 0.05) is 5.56 Å². The van der Waals surface area contributed by atoms with E-state index in [-0.39, 0.29) is 17.9 Å². The van der Waals surface area contributed by atoms with E-state index < -0.39 is 5.91 Å². The molecule has 1 aromatic heterocycles. The summed E-state index contributed by atoms with van der Waals surface area (Å²) < 4.78 is 10.6. The lowest BCUT2D eigenvalue weighted by Gasteiger charge is -2.11. The van der Waals surface area contributed by atoms with E-state index >= 15 is 0 Å². The van der Waals surface area contributed by atoms with Crippen LogP contribution in [0.1, 0.15) is 23.8 Å². The van der Waals surface area contributed by atoms with Gasteiger partial charge in [0.15, 0.2) is 11.5 Å². The lowest BCUT2D eigenvalue weighted by molar-refractivity contribution is -0.117. The molecule has 1 amide bonds. The predicted octanol–water partition coefficient (Wildman–Crippen LogP) is 3.34. The van der Waals surface area contributed by atoms with Crippen LogP contribution >= 0.6 is 0 Å². The highest BCUT2D eigenvalue weighted by Gasteiger charge is 2.13. The fourth-order valence-corrected chi connectivity index (χ4v) is 2.34. The summed E-state index contributed by atoms with van der Waals surface area (Å²) in [6, 6.07) is 8.62. The third kappa shape index (κ3) is 4.77. The Morgan fingerprint density at radius 2 is 2.31 bits per heavy atom. The first kappa shape index (κ1) is 18.9. The van der Waals surface area contributed by atoms with Crippen LogP contribution in [0, 0.1) is 11.3 Å². The molecule has 134 valence electrons. The lowest BCUT2D eigenvalue weighted by Crippen LogP contribution is -2.23. The highest BCUT2D eigenvalue weighted by atomic mass is 16.5. The highest BCUT2D eigenvalue weighted by Crippen LogP contribution is 2.33. The number of hydrogen-bond acceptors (Lipinski definition) is 5. The molecule has 26 heavy (non-hydrogen) atoms. The molecule has 0 unspecified atom stereocenters. The number of nitriles is 1. The maximum atomic E-state index is 12.2. The summed E-state index contributed by atoms with van der Waals surface area (Å²) in [6.07, 6.45) is 5.04. The number of benzene rings is 1. The maximum absolute atomic E-state index is 12.2. The zero-order valence-electron chi connectivity index (χ0n) is 14.5. The van der Waals surface area contributed by atoms with Crippen molar-refractivity contribution in [2.45, 2.75) is 19.9 Å². The number of carbonyl (C=O) groups excluding carboxylic acids is 1. The number of furan rings is 1. The van der Waals surface area contributed by atoms with Crippen LogP contribution in [0.25, 0.3) is 6.08 Å². The van der Waals surface area contributed by atoms with E-state index in [0.29, 0.717) is 35.7 Å². The largest absolute Gasteiger partial charge is 0.504 e. The summed E-state index contributed by atoms with van der Waals surface area (Å²) in [6.45, 7) is 6.03. The first-order chi connectivity index (χ1) is 12.6. The molecule has 0 radical (unpaired) electrons. The molecular weight excluding hydrogens is 332 g/mol. The van der Waals surface area contributed by atoms with Crippen molar-refractivity contribution in [2.75, 3.05) is 6.61 Å². The monoisotopic (exact) mass is 352 g/mol. The van der Waals surface area contributed by atoms with Crippen LogP contribution in [0.3, 0.4) is 0 Å². The first-order valence-corrected chi connectivity index (χ1v) is 8.11. The van der Waals surface area contributed by atoms with Crippen molar-refractivity contribution in [1.82, 2.24) is 5.32 Å². The number of hydrogen-bond donors (Lipinski definition) is 2. The minimum absolute atomic E-state index is 0.0321. The Morgan fingerprint density at radius 1 is 1.50 bits per heavy atom. The molecule has 6 nitrogen and oxygen atoms in total. The molecule has 2 aromatic rings. The molecule has 0 bridgehead atoms. The van der Waals surface area contributed by atoms with Gasteiger partial charge in [0.2, 0.25) is 0 Å². The molecular formula is C20H20N2O4. The molecule has 0 aliphatic heterocycles. The van der Waals surface area contributed by atoms with Crippen LogP contribution in [0.4, 0.5) is 0 Å². The third-order valence-electron chi connectivity index (χ3n) is 3.52. The summed E-state index contributed by atoms with van der Waals surface area (Å²) in [5, 5.41) is 22.2. The Morgan fingerprint density at radius 3 is 2.92 bits per heavy atom. The fraction of sp³-hybridized carbons (Fsp3) is 0.200. The standard InChI is InChI=1S/C20H20N2O4/c1-3-6-15-9-14(11-18(19(15)23)25-4-2)10-16(12-21)20(24)22-13-17-7-5-8-26-17/h3,5,7-11,23H,1,4,6,13H2,2H3,(H,22,24)/b16-10+. The minimum atomic E-state index is -0.514. The van der Waals surface area contributed by atoms with Crippen molar-refractivity contribution < 1.29 is 19.1 Å². The lowest BCUT2D eigenvalue weighted by atomic mass is 10.0. The topological polar surface area (TPSA) is 95.5 Å². The summed E-state index contributed by atoms with van der Waals surface area (Å²) in [5.41, 5.74) is 1.12. The Labute approximate surface area is 152 Å². The number of nitrogens with zero attached hydrogens (tertiary/aromatic N) is 1. The van der Waals surface area contributed by atoms with Crippen molar-refractivity contribution in [3.63, 3.8) is 0 Å². The number of rotatable bonds is 8. The molecule has 0 aliphatic rings. The number of allylic oxidation sites excluding steroid dienone is 1. The summed E-state index contributed by atoms with van der Waals surface area (Å²) in [7, 11) is 0. The fourth-order valence-electron chi connectivity index (χ4n) is 2.34. The van der Waals surface area contributed by atoms with Gasteiger partial charge in [0.1, 0.15) is 17.4 Å². The molecule has 2 N–H and O–H groups in total. The summed E-state index contributed by atoms with van der Waals surface area (Å²) >= 11 is 0. The van der Waals surface area contributed by atoms with Gasteiger partial charge in [-0.05, 0) is 49.2 Å². The Hall–Kier alpha value is -3.46. The van der Waals surface area contributed by atoms with Gasteiger partial charge < -0.3 is 19.6 Å². The summed E-state index contributed by atoms with van der Waals surface area (Å²) in [4.78, 5) is 12.2. The SMILES string of the molecule is C=CCc1cc(/C=C(\C#N)C(=O)NCc2ccco2)cc(OCC)c1O. The van der Waals surface area contributed by atoms with E-state index in [1.807, 2.05) is 6.07 Å². The van der Waals surface area contributed by atoms with Crippen LogP contribution in [0.15, 0.2) is 53.2 Å². The van der Waals surface area contributed by atoms with Gasteiger partial charge in [-0.25, -0.2) is 0 Å². The molecule has 0 aliphatic carbocycles. The molecule has 6 heteroatoms. The van der Waals surface area contributed by atoms with E-state index in [1.165, 1.54) is 12.3 Å². The van der Waals surface area contributed by atoms with Crippen molar-refractivity contribution >= 4 is 12.0 Å². The van der Waals surface area contributed by atoms with E-state index in [1.54, 1.807) is 37.3 Å². The molecule has 0 spiro atoms. The molecule has 0 saturated heterocycles. The normalized spacial score (nSPS) is 10.8. The van der Waals surface area contributed by atoms with Gasteiger partial charge >= 0.3 is 0 Å². The molecule has 1 aromatic carbocycles. The second kappa shape index (κ2) is 9.14. The zero-order valence-corrected chi connectivity index (χ0v) is 14.5. The number of ether oxygens (including phenoxy) is 1. The second-order valence-corrected chi connectivity index (χ2v) is 5.38. The van der Waals surface area contributed by atoms with Crippen LogP contribution in [0.5, 0.6) is 11.5 Å². The van der Waals surface area contributed by atoms with Gasteiger partial charge in [-0.2, -0.15) is 5.26 Å². The van der Waals surface area contributed by atoms with E-state index in [9.17, 15) is 15.2 Å². The molecule has 0 fully saturated rings. The third-order valence-corrected chi connectivity index (χ3v) is 3.52. The number of amides is 1. The number of phenols is 1. The Kier molecular flexibility index (Phi) is 6.63. The molecule has 0 saturated carbocycles. The number of aromatic hydroxyl groups is 1. The average Bonchev–Trinajstić information content (AvgIpc) is 3.15. The van der Waals surface area contributed by atoms with Gasteiger partial charge in [-0.15, -0.1) is 6.58 Å². The zero-order chi connectivity index (χ0) is 18.9. The molecule has 1 heterocycles. The Balaban J connectivity index is 2.27. The van der Waals surface area contributed by atoms with Crippen LogP contribution < -0.4 is 10.1 Å². The number of nitrogens with one attached hydrogen (secondary N) is 1. The van der Waals surface area contributed by atoms with Crippen LogP contribution in [-0.2, 0) is 17.8 Å². The maximum Gasteiger partial charge on any atom is 0.262 e. The minimum Gasteiger partial charge on any atom is -0.504 e. The quantitative estimate of drug-likeness (QED) is 0.432. The number of phenolic OH excluding ortho intramolecular Hbond substituents is 1. The van der Waals surface area contributed by atoms with Crippen molar-refractivity contribution in [1.29, 1.82) is 5.26 Å². The van der Waals surface area contributed by atoms with Crippen LogP contribution in [0.2, 0.25) is 0 Å². The van der Waals surface area contributed by atoms with E-state index in [0.717, 1.165) is 0 Å². The molecule has 2 rings (SSSR count). The highest BCUT2D eigenvalue weighted by molar-refractivity contribution is 6.01. The van der Waals surface area contributed by atoms with Gasteiger partial charge in [-0.3, -0.25) is 4.79 Å². The summed E-state index contributed by atoms with van der Waals surface area (Å²) in [5.74, 6) is 0.406. The first-order valence-electron chi connectivity index (χ1n) is 8.11.